The number of nitrogens with zero attached hydrogens (tertiary/aromatic N) is 1. The van der Waals surface area contributed by atoms with E-state index in [9.17, 15) is 0 Å². The first-order valence-corrected chi connectivity index (χ1v) is 7.36. The molecule has 0 saturated heterocycles. The average Bonchev–Trinajstić information content (AvgIpc) is 2.47. The van der Waals surface area contributed by atoms with Crippen molar-refractivity contribution >= 4 is 0 Å². The highest BCUT2D eigenvalue weighted by Crippen LogP contribution is 2.10. The zero-order chi connectivity index (χ0) is 13.9. The highest BCUT2D eigenvalue weighted by Gasteiger charge is 1.98. The van der Waals surface area contributed by atoms with E-state index in [1.54, 1.807) is 7.11 Å². The van der Waals surface area contributed by atoms with E-state index < -0.39 is 0 Å². The fourth-order valence-electron chi connectivity index (χ4n) is 2.10. The summed E-state index contributed by atoms with van der Waals surface area (Å²) in [6, 6.07) is 8.25. The Labute approximate surface area is 118 Å². The molecule has 1 aromatic rings. The molecule has 1 N–H and O–H groups in total. The molecule has 1 aromatic carbocycles. The van der Waals surface area contributed by atoms with Gasteiger partial charge in [0.05, 0.1) is 7.11 Å². The van der Waals surface area contributed by atoms with Gasteiger partial charge < -0.3 is 15.0 Å². The van der Waals surface area contributed by atoms with Crippen molar-refractivity contribution in [2.45, 2.75) is 33.2 Å². The van der Waals surface area contributed by atoms with Crippen LogP contribution in [0.4, 0.5) is 0 Å². The first kappa shape index (κ1) is 16.0. The summed E-state index contributed by atoms with van der Waals surface area (Å²) in [4.78, 5) is 2.48. The summed E-state index contributed by atoms with van der Waals surface area (Å²) in [6.07, 6.45) is 2.52. The van der Waals surface area contributed by atoms with Crippen LogP contribution in [-0.4, -0.2) is 38.2 Å². The first-order chi connectivity index (χ1) is 9.30. The second-order valence-corrected chi connectivity index (χ2v) is 4.76. The van der Waals surface area contributed by atoms with E-state index in [1.807, 2.05) is 12.1 Å². The van der Waals surface area contributed by atoms with E-state index >= 15 is 0 Å². The maximum atomic E-state index is 5.15. The summed E-state index contributed by atoms with van der Waals surface area (Å²) in [5.41, 5.74) is 1.31. The predicted octanol–water partition coefficient (Wildman–Crippen LogP) is 2.91. The zero-order valence-electron chi connectivity index (χ0n) is 12.6. The standard InChI is InChI=1S/C16H28N2O/c1-4-18(5-2)13-7-6-12-17-14-15-8-10-16(19-3)11-9-15/h8-11,17H,4-7,12-14H2,1-3H3. The predicted molar refractivity (Wildman–Crippen MR) is 81.7 cm³/mol. The number of nitrogens with one attached hydrogen (secondary N) is 1. The third-order valence-corrected chi connectivity index (χ3v) is 3.46. The molecule has 0 aliphatic carbocycles. The number of hydrogen-bond acceptors (Lipinski definition) is 3. The molecule has 0 fully saturated rings. The van der Waals surface area contributed by atoms with Crippen LogP contribution in [-0.2, 0) is 6.54 Å². The molecule has 0 spiro atoms. The Morgan fingerprint density at radius 2 is 1.74 bits per heavy atom. The number of unbranched alkanes of at least 4 members (excludes halogenated alkanes) is 1. The van der Waals surface area contributed by atoms with Gasteiger partial charge in [0.15, 0.2) is 0 Å². The van der Waals surface area contributed by atoms with Gasteiger partial charge in [-0.05, 0) is 56.7 Å². The van der Waals surface area contributed by atoms with Crippen LogP contribution < -0.4 is 10.1 Å². The van der Waals surface area contributed by atoms with Crippen molar-refractivity contribution in [3.63, 3.8) is 0 Å². The van der Waals surface area contributed by atoms with Crippen LogP contribution in [0.3, 0.4) is 0 Å². The number of ether oxygens (including phenoxy) is 1. The smallest absolute Gasteiger partial charge is 0.118 e. The second-order valence-electron chi connectivity index (χ2n) is 4.76. The van der Waals surface area contributed by atoms with Gasteiger partial charge in [0, 0.05) is 6.54 Å². The van der Waals surface area contributed by atoms with Gasteiger partial charge in [-0.15, -0.1) is 0 Å². The topological polar surface area (TPSA) is 24.5 Å². The lowest BCUT2D eigenvalue weighted by Crippen LogP contribution is -2.25. The van der Waals surface area contributed by atoms with Crippen LogP contribution in [0.1, 0.15) is 32.3 Å². The van der Waals surface area contributed by atoms with Crippen molar-refractivity contribution in [2.24, 2.45) is 0 Å². The molecule has 0 amide bonds. The molecular weight excluding hydrogens is 236 g/mol. The summed E-state index contributed by atoms with van der Waals surface area (Å²) in [5.74, 6) is 0.919. The van der Waals surface area contributed by atoms with Crippen molar-refractivity contribution in [1.29, 1.82) is 0 Å². The molecule has 0 saturated carbocycles. The van der Waals surface area contributed by atoms with Gasteiger partial charge in [-0.25, -0.2) is 0 Å². The molecule has 3 nitrogen and oxygen atoms in total. The minimum absolute atomic E-state index is 0.919. The minimum Gasteiger partial charge on any atom is -0.497 e. The molecule has 0 aromatic heterocycles. The summed E-state index contributed by atoms with van der Waals surface area (Å²) >= 11 is 0. The van der Waals surface area contributed by atoms with E-state index in [-0.39, 0.29) is 0 Å². The van der Waals surface area contributed by atoms with E-state index in [0.29, 0.717) is 0 Å². The molecule has 0 radical (unpaired) electrons. The van der Waals surface area contributed by atoms with Gasteiger partial charge in [0.1, 0.15) is 5.75 Å². The van der Waals surface area contributed by atoms with Gasteiger partial charge in [-0.3, -0.25) is 0 Å². The third-order valence-electron chi connectivity index (χ3n) is 3.46. The summed E-state index contributed by atoms with van der Waals surface area (Å²) < 4.78 is 5.15. The Bertz CT molecular complexity index is 320. The number of benzene rings is 1. The molecule has 0 aliphatic rings. The third kappa shape index (κ3) is 6.60. The van der Waals surface area contributed by atoms with E-state index in [4.69, 9.17) is 4.74 Å². The largest absolute Gasteiger partial charge is 0.497 e. The van der Waals surface area contributed by atoms with Crippen LogP contribution in [0.25, 0.3) is 0 Å². The van der Waals surface area contributed by atoms with Crippen LogP contribution in [0, 0.1) is 0 Å². The second kappa shape index (κ2) is 9.82. The number of methoxy groups -OCH3 is 1. The average molecular weight is 264 g/mol. The van der Waals surface area contributed by atoms with Gasteiger partial charge in [-0.1, -0.05) is 26.0 Å². The summed E-state index contributed by atoms with van der Waals surface area (Å²) in [5, 5.41) is 3.49. The summed E-state index contributed by atoms with van der Waals surface area (Å²) in [6.45, 7) is 10.0. The lowest BCUT2D eigenvalue weighted by atomic mass is 10.2. The van der Waals surface area contributed by atoms with E-state index in [0.717, 1.165) is 31.9 Å². The SMILES string of the molecule is CCN(CC)CCCCNCc1ccc(OC)cc1. The van der Waals surface area contributed by atoms with Gasteiger partial charge in [0.2, 0.25) is 0 Å². The Kier molecular flexibility index (Phi) is 8.26. The minimum atomic E-state index is 0.919. The zero-order valence-corrected chi connectivity index (χ0v) is 12.6. The van der Waals surface area contributed by atoms with Crippen molar-refractivity contribution in [3.8, 4) is 5.75 Å². The highest BCUT2D eigenvalue weighted by atomic mass is 16.5. The molecule has 108 valence electrons. The normalized spacial score (nSPS) is 10.9. The Balaban J connectivity index is 2.07. The highest BCUT2D eigenvalue weighted by molar-refractivity contribution is 5.26. The number of hydrogen-bond donors (Lipinski definition) is 1. The van der Waals surface area contributed by atoms with Crippen LogP contribution in [0.15, 0.2) is 24.3 Å². The monoisotopic (exact) mass is 264 g/mol. The van der Waals surface area contributed by atoms with E-state index in [2.05, 4.69) is 36.2 Å². The quantitative estimate of drug-likeness (QED) is 0.658. The maximum Gasteiger partial charge on any atom is 0.118 e. The fraction of sp³-hybridized carbons (Fsp3) is 0.625. The van der Waals surface area contributed by atoms with Crippen LogP contribution in [0.2, 0.25) is 0 Å². The molecule has 3 heteroatoms. The summed E-state index contributed by atoms with van der Waals surface area (Å²) in [7, 11) is 1.70. The van der Waals surface area contributed by atoms with Gasteiger partial charge >= 0.3 is 0 Å². The van der Waals surface area contributed by atoms with Crippen LogP contribution in [0.5, 0.6) is 5.75 Å². The molecule has 0 unspecified atom stereocenters. The number of rotatable bonds is 10. The Morgan fingerprint density at radius 1 is 1.05 bits per heavy atom. The van der Waals surface area contributed by atoms with Gasteiger partial charge in [-0.2, -0.15) is 0 Å². The molecule has 0 atom stereocenters. The van der Waals surface area contributed by atoms with Crippen molar-refractivity contribution in [2.75, 3.05) is 33.3 Å². The maximum absolute atomic E-state index is 5.15. The van der Waals surface area contributed by atoms with Crippen molar-refractivity contribution in [3.05, 3.63) is 29.8 Å². The van der Waals surface area contributed by atoms with E-state index in [1.165, 1.54) is 24.9 Å². The van der Waals surface area contributed by atoms with Crippen molar-refractivity contribution in [1.82, 2.24) is 10.2 Å². The first-order valence-electron chi connectivity index (χ1n) is 7.36. The molecule has 0 bridgehead atoms. The molecular formula is C16H28N2O. The molecule has 0 aliphatic heterocycles. The molecule has 1 rings (SSSR count). The van der Waals surface area contributed by atoms with Crippen LogP contribution >= 0.6 is 0 Å². The molecule has 19 heavy (non-hydrogen) atoms. The Hall–Kier alpha value is -1.06. The lowest BCUT2D eigenvalue weighted by Gasteiger charge is -2.17. The van der Waals surface area contributed by atoms with Crippen molar-refractivity contribution < 1.29 is 4.74 Å². The lowest BCUT2D eigenvalue weighted by molar-refractivity contribution is 0.296. The fourth-order valence-corrected chi connectivity index (χ4v) is 2.10. The Morgan fingerprint density at radius 3 is 2.32 bits per heavy atom. The molecule has 0 heterocycles. The van der Waals surface area contributed by atoms with Gasteiger partial charge in [0.25, 0.3) is 0 Å².